The Balaban J connectivity index is 1.61. The topological polar surface area (TPSA) is 75.9 Å². The van der Waals surface area contributed by atoms with E-state index in [0.717, 1.165) is 60.3 Å². The van der Waals surface area contributed by atoms with Gasteiger partial charge in [0.2, 0.25) is 10.1 Å². The van der Waals surface area contributed by atoms with Gasteiger partial charge in [0.05, 0.1) is 11.4 Å². The molecule has 33 heavy (non-hydrogen) atoms. The van der Waals surface area contributed by atoms with E-state index < -0.39 is 11.2 Å². The molecule has 3 aromatic rings. The van der Waals surface area contributed by atoms with Gasteiger partial charge in [-0.05, 0) is 63.3 Å². The second-order valence-corrected chi connectivity index (χ2v) is 9.21. The number of nitrogens with one attached hydrogen (secondary N) is 1. The van der Waals surface area contributed by atoms with E-state index in [1.807, 2.05) is 39.1 Å². The number of carbonyl (C=O) groups is 1. The molecule has 1 saturated heterocycles. The van der Waals surface area contributed by atoms with Gasteiger partial charge in [-0.3, -0.25) is 4.79 Å². The molecular weight excluding hydrogens is 453 g/mol. The first-order valence-corrected chi connectivity index (χ1v) is 11.5. The number of aromatic nitrogens is 4. The van der Waals surface area contributed by atoms with Crippen LogP contribution in [0.25, 0.3) is 5.69 Å². The maximum absolute atomic E-state index is 12.8. The minimum absolute atomic E-state index is 0.0485. The molecule has 1 fully saturated rings. The Morgan fingerprint density at radius 3 is 2.64 bits per heavy atom. The fraction of sp³-hybridized carbons (Fsp3) is 0.455. The summed E-state index contributed by atoms with van der Waals surface area (Å²) in [6, 6.07) is 3.83. The van der Waals surface area contributed by atoms with Crippen LogP contribution in [0.4, 0.5) is 24.0 Å². The zero-order valence-corrected chi connectivity index (χ0v) is 19.4. The number of aryl methyl sites for hydroxylation is 1. The summed E-state index contributed by atoms with van der Waals surface area (Å²) in [6.45, 7) is 7.14. The van der Waals surface area contributed by atoms with Gasteiger partial charge in [-0.15, -0.1) is 10.2 Å². The van der Waals surface area contributed by atoms with Crippen molar-refractivity contribution in [3.8, 4) is 5.69 Å². The molecule has 1 atom stereocenters. The van der Waals surface area contributed by atoms with Crippen LogP contribution in [0.2, 0.25) is 0 Å². The fourth-order valence-corrected chi connectivity index (χ4v) is 4.90. The summed E-state index contributed by atoms with van der Waals surface area (Å²) in [7, 11) is 0. The standard InChI is InChI=1S/C22H25F3N6OS/c1-13-7-9-31(29-13)19-15(3)14(2)18(10-16(19)12-32)30-8-5-4-6-17(30)11-26-21-28-27-20(33-21)22(23,24)25/h7,9-10,12,17H,4-6,8,11H2,1-3H3,(H,26,28). The van der Waals surface area contributed by atoms with Crippen molar-refractivity contribution in [2.45, 2.75) is 52.3 Å². The predicted molar refractivity (Wildman–Crippen MR) is 122 cm³/mol. The van der Waals surface area contributed by atoms with E-state index in [9.17, 15) is 18.0 Å². The van der Waals surface area contributed by atoms with Crippen molar-refractivity contribution in [1.29, 1.82) is 0 Å². The molecule has 1 unspecified atom stereocenters. The first-order valence-electron chi connectivity index (χ1n) is 10.7. The lowest BCUT2D eigenvalue weighted by molar-refractivity contribution is -0.138. The summed E-state index contributed by atoms with van der Waals surface area (Å²) in [5, 5.41) is 13.6. The zero-order valence-electron chi connectivity index (χ0n) is 18.6. The third kappa shape index (κ3) is 4.73. The van der Waals surface area contributed by atoms with Crippen molar-refractivity contribution in [2.75, 3.05) is 23.3 Å². The van der Waals surface area contributed by atoms with E-state index in [1.165, 1.54) is 0 Å². The average Bonchev–Trinajstić information content (AvgIpc) is 3.43. The Labute approximate surface area is 193 Å². The molecule has 0 aliphatic carbocycles. The largest absolute Gasteiger partial charge is 0.445 e. The summed E-state index contributed by atoms with van der Waals surface area (Å²) < 4.78 is 40.2. The molecule has 0 bridgehead atoms. The number of nitrogens with zero attached hydrogens (tertiary/aromatic N) is 5. The first-order chi connectivity index (χ1) is 15.7. The summed E-state index contributed by atoms with van der Waals surface area (Å²) in [4.78, 5) is 14.2. The Hall–Kier alpha value is -2.95. The number of halogens is 3. The average molecular weight is 479 g/mol. The lowest BCUT2D eigenvalue weighted by atomic mass is 9.95. The van der Waals surface area contributed by atoms with E-state index in [1.54, 1.807) is 4.68 Å². The number of hydrogen-bond acceptors (Lipinski definition) is 7. The summed E-state index contributed by atoms with van der Waals surface area (Å²) >= 11 is 0.506. The van der Waals surface area contributed by atoms with Gasteiger partial charge in [-0.2, -0.15) is 18.3 Å². The monoisotopic (exact) mass is 478 g/mol. The van der Waals surface area contributed by atoms with Crippen molar-refractivity contribution in [3.63, 3.8) is 0 Å². The lowest BCUT2D eigenvalue weighted by Gasteiger charge is -2.39. The van der Waals surface area contributed by atoms with Gasteiger partial charge in [0.1, 0.15) is 0 Å². The molecule has 176 valence electrons. The van der Waals surface area contributed by atoms with Gasteiger partial charge in [0.25, 0.3) is 0 Å². The number of alkyl halides is 3. The molecule has 7 nitrogen and oxygen atoms in total. The van der Waals surface area contributed by atoms with Crippen molar-refractivity contribution in [2.24, 2.45) is 0 Å². The van der Waals surface area contributed by atoms with Crippen LogP contribution < -0.4 is 10.2 Å². The maximum atomic E-state index is 12.8. The molecule has 0 amide bonds. The van der Waals surface area contributed by atoms with E-state index in [4.69, 9.17) is 0 Å². The van der Waals surface area contributed by atoms with E-state index >= 15 is 0 Å². The summed E-state index contributed by atoms with van der Waals surface area (Å²) in [5.74, 6) is 0. The SMILES string of the molecule is Cc1ccn(-c2c(C=O)cc(N3CCCCC3CNc3nnc(C(F)(F)F)s3)c(C)c2C)n1. The second kappa shape index (κ2) is 9.12. The van der Waals surface area contributed by atoms with Crippen LogP contribution in [0.1, 0.15) is 51.4 Å². The summed E-state index contributed by atoms with van der Waals surface area (Å²) in [6.07, 6.45) is 1.10. The van der Waals surface area contributed by atoms with Crippen LogP contribution in [0.5, 0.6) is 0 Å². The molecule has 3 heterocycles. The molecule has 0 radical (unpaired) electrons. The molecule has 11 heteroatoms. The number of piperidine rings is 1. The van der Waals surface area contributed by atoms with Gasteiger partial charge < -0.3 is 10.2 Å². The number of carbonyl (C=O) groups excluding carboxylic acids is 1. The van der Waals surface area contributed by atoms with Crippen molar-refractivity contribution >= 4 is 28.4 Å². The lowest BCUT2D eigenvalue weighted by Crippen LogP contribution is -2.44. The minimum atomic E-state index is -4.50. The molecule has 1 N–H and O–H groups in total. The van der Waals surface area contributed by atoms with Gasteiger partial charge in [0.15, 0.2) is 6.29 Å². The van der Waals surface area contributed by atoms with Crippen LogP contribution in [0, 0.1) is 20.8 Å². The molecule has 1 aliphatic rings. The highest BCUT2D eigenvalue weighted by molar-refractivity contribution is 7.15. The highest BCUT2D eigenvalue weighted by Crippen LogP contribution is 2.35. The van der Waals surface area contributed by atoms with Crippen molar-refractivity contribution < 1.29 is 18.0 Å². The predicted octanol–water partition coefficient (Wildman–Crippen LogP) is 4.95. The Kier molecular flexibility index (Phi) is 6.42. The smallest absolute Gasteiger partial charge is 0.367 e. The van der Waals surface area contributed by atoms with Gasteiger partial charge in [0, 0.05) is 36.6 Å². The number of aldehydes is 1. The molecule has 4 rings (SSSR count). The Bertz CT molecular complexity index is 1160. The van der Waals surface area contributed by atoms with E-state index in [2.05, 4.69) is 25.5 Å². The van der Waals surface area contributed by atoms with Crippen LogP contribution >= 0.6 is 11.3 Å². The number of rotatable bonds is 6. The van der Waals surface area contributed by atoms with Crippen LogP contribution in [0.3, 0.4) is 0 Å². The van der Waals surface area contributed by atoms with Crippen molar-refractivity contribution in [3.05, 3.63) is 45.7 Å². The molecule has 2 aromatic heterocycles. The van der Waals surface area contributed by atoms with E-state index in [-0.39, 0.29) is 11.2 Å². The third-order valence-corrected chi connectivity index (χ3v) is 6.96. The molecule has 0 saturated carbocycles. The van der Waals surface area contributed by atoms with Gasteiger partial charge in [-0.1, -0.05) is 11.3 Å². The van der Waals surface area contributed by atoms with Crippen LogP contribution in [0.15, 0.2) is 18.3 Å². The molecular formula is C22H25F3N6OS. The Morgan fingerprint density at radius 2 is 2.00 bits per heavy atom. The van der Waals surface area contributed by atoms with Gasteiger partial charge in [-0.25, -0.2) is 4.68 Å². The van der Waals surface area contributed by atoms with Crippen LogP contribution in [-0.4, -0.2) is 45.4 Å². The highest BCUT2D eigenvalue weighted by atomic mass is 32.1. The maximum Gasteiger partial charge on any atom is 0.445 e. The molecule has 1 aromatic carbocycles. The second-order valence-electron chi connectivity index (χ2n) is 8.24. The zero-order chi connectivity index (χ0) is 23.8. The van der Waals surface area contributed by atoms with Gasteiger partial charge >= 0.3 is 6.18 Å². The van der Waals surface area contributed by atoms with Crippen LogP contribution in [-0.2, 0) is 6.18 Å². The molecule has 1 aliphatic heterocycles. The Morgan fingerprint density at radius 1 is 1.21 bits per heavy atom. The summed E-state index contributed by atoms with van der Waals surface area (Å²) in [5.41, 5.74) is 5.15. The quantitative estimate of drug-likeness (QED) is 0.505. The fourth-order valence-electron chi connectivity index (χ4n) is 4.29. The first kappa shape index (κ1) is 23.2. The number of benzene rings is 1. The highest BCUT2D eigenvalue weighted by Gasteiger charge is 2.36. The molecule has 0 spiro atoms. The normalized spacial score (nSPS) is 16.8. The van der Waals surface area contributed by atoms with Crippen molar-refractivity contribution in [1.82, 2.24) is 20.0 Å². The number of anilines is 2. The third-order valence-electron chi connectivity index (χ3n) is 6.04. The van der Waals surface area contributed by atoms with E-state index in [0.29, 0.717) is 23.4 Å². The number of hydrogen-bond donors (Lipinski definition) is 1. The minimum Gasteiger partial charge on any atom is -0.367 e.